The summed E-state index contributed by atoms with van der Waals surface area (Å²) in [6.45, 7) is 1.64. The van der Waals surface area contributed by atoms with Gasteiger partial charge in [-0.2, -0.15) is 0 Å². The molecule has 3 aliphatic rings. The number of nitrogens with one attached hydrogen (secondary N) is 1. The Bertz CT molecular complexity index is 1790. The molecule has 19 nitrogen and oxygen atoms in total. The molecule has 0 saturated carbocycles. The maximum Gasteiger partial charge on any atom is 0.220 e. The van der Waals surface area contributed by atoms with Crippen molar-refractivity contribution in [2.45, 2.75) is 298 Å². The molecule has 3 heterocycles. The van der Waals surface area contributed by atoms with Crippen LogP contribution in [0.25, 0.3) is 0 Å². The Kier molecular flexibility index (Phi) is 41.6. The molecule has 0 aliphatic carbocycles. The second kappa shape index (κ2) is 46.4. The van der Waals surface area contributed by atoms with Gasteiger partial charge in [-0.1, -0.05) is 196 Å². The number of carbonyl (C=O) groups excluding carboxylic acids is 1. The lowest BCUT2D eigenvalue weighted by Crippen LogP contribution is -2.66. The van der Waals surface area contributed by atoms with Gasteiger partial charge in [-0.05, 0) is 64.2 Å². The van der Waals surface area contributed by atoms with E-state index in [2.05, 4.69) is 92.1 Å². The number of rotatable bonds is 46. The minimum atomic E-state index is -1.98. The van der Waals surface area contributed by atoms with E-state index in [4.69, 9.17) is 28.4 Å². The van der Waals surface area contributed by atoms with E-state index in [0.29, 0.717) is 12.8 Å². The van der Waals surface area contributed by atoms with Crippen LogP contribution in [-0.4, -0.2) is 193 Å². The number of aliphatic hydroxyl groups is 11. The summed E-state index contributed by atoms with van der Waals surface area (Å²) in [6.07, 6.45) is 28.3. The van der Waals surface area contributed by atoms with Gasteiger partial charge in [0.05, 0.1) is 38.6 Å². The first-order chi connectivity index (χ1) is 40.3. The van der Waals surface area contributed by atoms with Crippen LogP contribution >= 0.6 is 0 Å². The molecule has 19 heteroatoms. The van der Waals surface area contributed by atoms with Gasteiger partial charge in [0.1, 0.15) is 73.2 Å². The van der Waals surface area contributed by atoms with E-state index >= 15 is 0 Å². The van der Waals surface area contributed by atoms with Crippen LogP contribution in [-0.2, 0) is 33.2 Å². The van der Waals surface area contributed by atoms with Gasteiger partial charge < -0.3 is 89.9 Å². The average Bonchev–Trinajstić information content (AvgIpc) is 3.57. The molecule has 83 heavy (non-hydrogen) atoms. The molecule has 0 aromatic heterocycles. The Morgan fingerprint density at radius 2 is 0.831 bits per heavy atom. The molecule has 17 unspecified atom stereocenters. The number of unbranched alkanes of at least 4 members (excludes halogenated alkanes) is 18. The van der Waals surface area contributed by atoms with Crippen molar-refractivity contribution < 1.29 is 89.4 Å². The minimum Gasteiger partial charge on any atom is -0.394 e. The fourth-order valence-electron chi connectivity index (χ4n) is 10.4. The van der Waals surface area contributed by atoms with E-state index in [1.807, 2.05) is 0 Å². The zero-order valence-electron chi connectivity index (χ0n) is 50.1. The van der Waals surface area contributed by atoms with Crippen LogP contribution in [0.5, 0.6) is 0 Å². The van der Waals surface area contributed by atoms with Crippen LogP contribution in [0.2, 0.25) is 0 Å². The van der Waals surface area contributed by atoms with E-state index in [1.165, 1.54) is 57.8 Å². The molecule has 3 rings (SSSR count). The van der Waals surface area contributed by atoms with Crippen molar-refractivity contribution in [1.82, 2.24) is 5.32 Å². The third kappa shape index (κ3) is 29.7. The van der Waals surface area contributed by atoms with Gasteiger partial charge in [0.15, 0.2) is 18.9 Å². The highest BCUT2D eigenvalue weighted by atomic mass is 16.8. The largest absolute Gasteiger partial charge is 0.394 e. The third-order valence-electron chi connectivity index (χ3n) is 15.5. The molecule has 12 N–H and O–H groups in total. The molecule has 3 fully saturated rings. The van der Waals surface area contributed by atoms with E-state index in [0.717, 1.165) is 103 Å². The molecular weight excluding hydrogens is 1070 g/mol. The molecule has 0 aromatic rings. The molecule has 3 saturated heterocycles. The predicted molar refractivity (Wildman–Crippen MR) is 318 cm³/mol. The molecule has 17 atom stereocenters. The van der Waals surface area contributed by atoms with Crippen LogP contribution in [0.3, 0.4) is 0 Å². The normalized spacial score (nSPS) is 29.9. The van der Waals surface area contributed by atoms with Crippen molar-refractivity contribution >= 4 is 5.91 Å². The van der Waals surface area contributed by atoms with Crippen molar-refractivity contribution in [2.75, 3.05) is 26.4 Å². The molecule has 480 valence electrons. The number of aliphatic hydroxyl groups excluding tert-OH is 11. The first-order valence-electron chi connectivity index (χ1n) is 31.7. The quantitative estimate of drug-likeness (QED) is 0.0226. The van der Waals surface area contributed by atoms with Crippen molar-refractivity contribution in [1.29, 1.82) is 0 Å². The molecule has 1 amide bonds. The second-order valence-electron chi connectivity index (χ2n) is 22.5. The van der Waals surface area contributed by atoms with E-state index in [-0.39, 0.29) is 18.9 Å². The predicted octanol–water partition coefficient (Wildman–Crippen LogP) is 6.60. The van der Waals surface area contributed by atoms with Gasteiger partial charge >= 0.3 is 0 Å². The van der Waals surface area contributed by atoms with Crippen LogP contribution in [0, 0.1) is 0 Å². The summed E-state index contributed by atoms with van der Waals surface area (Å²) in [5, 5.41) is 120. The zero-order valence-corrected chi connectivity index (χ0v) is 50.1. The van der Waals surface area contributed by atoms with Crippen molar-refractivity contribution in [2.24, 2.45) is 0 Å². The van der Waals surface area contributed by atoms with Gasteiger partial charge in [-0.25, -0.2) is 0 Å². The highest BCUT2D eigenvalue weighted by Crippen LogP contribution is 2.33. The van der Waals surface area contributed by atoms with Gasteiger partial charge in [0, 0.05) is 6.42 Å². The van der Waals surface area contributed by atoms with Gasteiger partial charge in [0.2, 0.25) is 5.91 Å². The van der Waals surface area contributed by atoms with Crippen molar-refractivity contribution in [3.05, 3.63) is 72.9 Å². The lowest BCUT2D eigenvalue weighted by Gasteiger charge is -2.48. The van der Waals surface area contributed by atoms with Crippen LogP contribution in [0.4, 0.5) is 0 Å². The molecule has 0 radical (unpaired) electrons. The number of ether oxygens (including phenoxy) is 6. The topological polar surface area (TPSA) is 307 Å². The Morgan fingerprint density at radius 3 is 1.30 bits per heavy atom. The summed E-state index contributed by atoms with van der Waals surface area (Å²) in [5.74, 6) is -0.261. The smallest absolute Gasteiger partial charge is 0.220 e. The van der Waals surface area contributed by atoms with Crippen LogP contribution in [0.15, 0.2) is 72.9 Å². The van der Waals surface area contributed by atoms with Gasteiger partial charge in [0.25, 0.3) is 0 Å². The Balaban J connectivity index is 1.45. The van der Waals surface area contributed by atoms with Crippen LogP contribution in [0.1, 0.15) is 194 Å². The lowest BCUT2D eigenvalue weighted by molar-refractivity contribution is -0.379. The Labute approximate surface area is 496 Å². The maximum atomic E-state index is 13.4. The third-order valence-corrected chi connectivity index (χ3v) is 15.5. The van der Waals surface area contributed by atoms with Gasteiger partial charge in [-0.3, -0.25) is 4.79 Å². The highest BCUT2D eigenvalue weighted by molar-refractivity contribution is 5.76. The number of amides is 1. The van der Waals surface area contributed by atoms with Crippen molar-refractivity contribution in [3.8, 4) is 0 Å². The first kappa shape index (κ1) is 74.5. The van der Waals surface area contributed by atoms with Crippen molar-refractivity contribution in [3.63, 3.8) is 0 Å². The number of hydrogen-bond donors (Lipinski definition) is 12. The summed E-state index contributed by atoms with van der Waals surface area (Å²) >= 11 is 0. The molecular formula is C64H111NO18. The maximum absolute atomic E-state index is 13.4. The van der Waals surface area contributed by atoms with Crippen LogP contribution < -0.4 is 5.32 Å². The fourth-order valence-corrected chi connectivity index (χ4v) is 10.4. The van der Waals surface area contributed by atoms with E-state index in [1.54, 1.807) is 0 Å². The first-order valence-corrected chi connectivity index (χ1v) is 31.7. The zero-order chi connectivity index (χ0) is 60.5. The molecule has 0 spiro atoms. The molecule has 0 bridgehead atoms. The summed E-state index contributed by atoms with van der Waals surface area (Å²) in [7, 11) is 0. The van der Waals surface area contributed by atoms with Gasteiger partial charge in [-0.15, -0.1) is 0 Å². The summed E-state index contributed by atoms with van der Waals surface area (Å²) in [5.41, 5.74) is 0. The lowest BCUT2D eigenvalue weighted by atomic mass is 9.96. The molecule has 0 aromatic carbocycles. The summed E-state index contributed by atoms with van der Waals surface area (Å²) in [6, 6.07) is -0.899. The highest BCUT2D eigenvalue weighted by Gasteiger charge is 2.53. The number of allylic oxidation sites excluding steroid dienone is 12. The number of carbonyl (C=O) groups is 1. The molecule has 3 aliphatic heterocycles. The van der Waals surface area contributed by atoms with E-state index < -0.39 is 124 Å². The Morgan fingerprint density at radius 1 is 0.446 bits per heavy atom. The fraction of sp³-hybridized carbons (Fsp3) is 0.797. The average molecular weight is 1180 g/mol. The standard InChI is InChI=1S/C64H111NO18/c1-3-5-7-9-11-13-15-17-18-19-20-21-22-23-24-25-26-27-28-30-32-34-36-38-40-42-52(70)65-47(48(69)41-39-37-35-33-31-29-16-14-12-10-8-6-4-2)46-78-62-58(76)55(73)60(50(44-67)80-62)83-64-59(77)56(74)61(51(45-68)81-64)82-63-57(75)54(72)53(71)49(43-66)79-63/h5,7,11,13,17-18,20-21,23-24,26-27,47-51,53-64,66-69,71-77H,3-4,6,8-10,12,14-16,19,22,25,28-46H2,1-2H3,(H,65,70)/b7-5-,13-11-,18-17-,21-20-,24-23-,27-26-. The SMILES string of the molecule is CC/C=C\C/C=C\C/C=C\C/C=C\C/C=C\C/C=C\CCCCCCCCC(=O)NC(COC1OC(CO)C(OC2OC(CO)C(OC3OC(CO)C(O)C(O)C3O)C(O)C2O)C(O)C1O)C(O)CCCCCCCCCCCCCCC. The monoisotopic (exact) mass is 1180 g/mol. The Hall–Kier alpha value is -2.77. The minimum absolute atomic E-state index is 0.245. The van der Waals surface area contributed by atoms with E-state index in [9.17, 15) is 61.0 Å². The second-order valence-corrected chi connectivity index (χ2v) is 22.5. The summed E-state index contributed by atoms with van der Waals surface area (Å²) < 4.78 is 34.3. The summed E-state index contributed by atoms with van der Waals surface area (Å²) in [4.78, 5) is 13.4. The number of hydrogen-bond acceptors (Lipinski definition) is 18.